The normalized spacial score (nSPS) is 15.9. The van der Waals surface area contributed by atoms with Gasteiger partial charge in [-0.25, -0.2) is 0 Å². The Morgan fingerprint density at radius 1 is 1.50 bits per heavy atom. The number of hydrogen-bond acceptors (Lipinski definition) is 2. The van der Waals surface area contributed by atoms with Crippen molar-refractivity contribution in [1.29, 1.82) is 0 Å². The number of fused-ring (bicyclic) bond motifs is 1. The molecule has 0 spiro atoms. The maximum Gasteiger partial charge on any atom is 0.123 e. The molecule has 0 atom stereocenters. The molecule has 0 radical (unpaired) electrons. The van der Waals surface area contributed by atoms with E-state index in [0.717, 1.165) is 25.4 Å². The van der Waals surface area contributed by atoms with Crippen molar-refractivity contribution < 1.29 is 4.74 Å². The number of benzene rings is 1. The fraction of sp³-hybridized carbons (Fsp3) is 0.286. The summed E-state index contributed by atoms with van der Waals surface area (Å²) in [6.45, 7) is 8.34. The highest BCUT2D eigenvalue weighted by atomic mass is 16.5. The fourth-order valence-electron chi connectivity index (χ4n) is 1.83. The van der Waals surface area contributed by atoms with Gasteiger partial charge in [0.2, 0.25) is 0 Å². The lowest BCUT2D eigenvalue weighted by molar-refractivity contribution is 0.326. The molecule has 1 aliphatic heterocycles. The Balaban J connectivity index is 2.34. The van der Waals surface area contributed by atoms with E-state index in [-0.39, 0.29) is 0 Å². The van der Waals surface area contributed by atoms with Gasteiger partial charge >= 0.3 is 0 Å². The standard InChI is InChI=1S/C14H17NO/c1-3-4-11(2)12-5-6-14-13(9-12)10-15-7-8-16-14/h3-6,9,15H,1,7-8,10H2,2H3/b11-4+. The number of rotatable bonds is 2. The van der Waals surface area contributed by atoms with Gasteiger partial charge < -0.3 is 10.1 Å². The van der Waals surface area contributed by atoms with E-state index in [1.807, 2.05) is 12.2 Å². The van der Waals surface area contributed by atoms with Gasteiger partial charge in [-0.1, -0.05) is 24.8 Å². The van der Waals surface area contributed by atoms with Crippen molar-refractivity contribution in [3.8, 4) is 5.75 Å². The van der Waals surface area contributed by atoms with Gasteiger partial charge in [0.15, 0.2) is 0 Å². The summed E-state index contributed by atoms with van der Waals surface area (Å²) < 4.78 is 5.64. The lowest BCUT2D eigenvalue weighted by Crippen LogP contribution is -2.16. The van der Waals surface area contributed by atoms with Crippen LogP contribution in [0.4, 0.5) is 0 Å². The second kappa shape index (κ2) is 4.99. The molecule has 84 valence electrons. The van der Waals surface area contributed by atoms with Gasteiger partial charge in [0.1, 0.15) is 12.4 Å². The van der Waals surface area contributed by atoms with Crippen LogP contribution in [0.2, 0.25) is 0 Å². The lowest BCUT2D eigenvalue weighted by Gasteiger charge is -2.09. The third-order valence-electron chi connectivity index (χ3n) is 2.74. The molecule has 0 fully saturated rings. The Labute approximate surface area is 96.6 Å². The molecule has 1 N–H and O–H groups in total. The predicted molar refractivity (Wildman–Crippen MR) is 67.5 cm³/mol. The van der Waals surface area contributed by atoms with Crippen molar-refractivity contribution >= 4 is 5.57 Å². The molecular formula is C14H17NO. The molecule has 0 unspecified atom stereocenters. The van der Waals surface area contributed by atoms with Crippen molar-refractivity contribution in [1.82, 2.24) is 5.32 Å². The van der Waals surface area contributed by atoms with E-state index in [2.05, 4.69) is 37.0 Å². The van der Waals surface area contributed by atoms with Crippen LogP contribution in [-0.2, 0) is 6.54 Å². The van der Waals surface area contributed by atoms with Gasteiger partial charge in [-0.05, 0) is 30.2 Å². The van der Waals surface area contributed by atoms with Crippen LogP contribution >= 0.6 is 0 Å². The molecule has 1 heterocycles. The quantitative estimate of drug-likeness (QED) is 0.766. The largest absolute Gasteiger partial charge is 0.492 e. The summed E-state index contributed by atoms with van der Waals surface area (Å²) in [7, 11) is 0. The summed E-state index contributed by atoms with van der Waals surface area (Å²) in [6, 6.07) is 6.33. The van der Waals surface area contributed by atoms with Crippen LogP contribution in [0.5, 0.6) is 5.75 Å². The molecule has 0 aromatic heterocycles. The Morgan fingerprint density at radius 3 is 3.19 bits per heavy atom. The average Bonchev–Trinajstić information content (AvgIpc) is 2.53. The molecule has 1 aliphatic rings. The molecule has 2 nitrogen and oxygen atoms in total. The molecule has 2 heteroatoms. The number of ether oxygens (including phenoxy) is 1. The van der Waals surface area contributed by atoms with E-state index >= 15 is 0 Å². The summed E-state index contributed by atoms with van der Waals surface area (Å²) in [5.74, 6) is 1.00. The van der Waals surface area contributed by atoms with Gasteiger partial charge in [0.25, 0.3) is 0 Å². The lowest BCUT2D eigenvalue weighted by atomic mass is 10.0. The van der Waals surface area contributed by atoms with Crippen LogP contribution in [0.25, 0.3) is 5.57 Å². The van der Waals surface area contributed by atoms with Crippen LogP contribution in [0.15, 0.2) is 36.9 Å². The van der Waals surface area contributed by atoms with Crippen molar-refractivity contribution in [3.05, 3.63) is 48.1 Å². The Hall–Kier alpha value is -1.54. The molecule has 0 saturated heterocycles. The predicted octanol–water partition coefficient (Wildman–Crippen LogP) is 2.76. The highest BCUT2D eigenvalue weighted by Gasteiger charge is 2.09. The smallest absolute Gasteiger partial charge is 0.123 e. The zero-order valence-corrected chi connectivity index (χ0v) is 9.62. The average molecular weight is 215 g/mol. The highest BCUT2D eigenvalue weighted by Crippen LogP contribution is 2.25. The van der Waals surface area contributed by atoms with Crippen LogP contribution in [0, 0.1) is 0 Å². The summed E-state index contributed by atoms with van der Waals surface area (Å²) in [4.78, 5) is 0. The van der Waals surface area contributed by atoms with E-state index in [1.165, 1.54) is 16.7 Å². The second-order valence-electron chi connectivity index (χ2n) is 3.93. The fourth-order valence-corrected chi connectivity index (χ4v) is 1.83. The first-order chi connectivity index (χ1) is 7.81. The zero-order chi connectivity index (χ0) is 11.4. The van der Waals surface area contributed by atoms with Crippen LogP contribution in [0.3, 0.4) is 0 Å². The molecule has 2 rings (SSSR count). The summed E-state index contributed by atoms with van der Waals surface area (Å²) in [5, 5.41) is 3.34. The van der Waals surface area contributed by atoms with Crippen LogP contribution < -0.4 is 10.1 Å². The monoisotopic (exact) mass is 215 g/mol. The molecule has 1 aromatic carbocycles. The molecule has 0 aliphatic carbocycles. The Morgan fingerprint density at radius 2 is 2.38 bits per heavy atom. The summed E-state index contributed by atoms with van der Waals surface area (Å²) in [6.07, 6.45) is 3.84. The number of allylic oxidation sites excluding steroid dienone is 3. The van der Waals surface area contributed by atoms with Gasteiger partial charge in [-0.15, -0.1) is 0 Å². The number of nitrogens with one attached hydrogen (secondary N) is 1. The maximum absolute atomic E-state index is 5.64. The number of hydrogen-bond donors (Lipinski definition) is 1. The maximum atomic E-state index is 5.64. The topological polar surface area (TPSA) is 21.3 Å². The van der Waals surface area contributed by atoms with Crippen molar-refractivity contribution in [3.63, 3.8) is 0 Å². The minimum absolute atomic E-state index is 0.744. The minimum atomic E-state index is 0.744. The van der Waals surface area contributed by atoms with E-state index < -0.39 is 0 Å². The molecular weight excluding hydrogens is 198 g/mol. The molecule has 16 heavy (non-hydrogen) atoms. The third kappa shape index (κ3) is 2.34. The second-order valence-corrected chi connectivity index (χ2v) is 3.93. The van der Waals surface area contributed by atoms with E-state index in [9.17, 15) is 0 Å². The van der Waals surface area contributed by atoms with Gasteiger partial charge in [-0.3, -0.25) is 0 Å². The van der Waals surface area contributed by atoms with Crippen LogP contribution in [0.1, 0.15) is 18.1 Å². The summed E-state index contributed by atoms with van der Waals surface area (Å²) in [5.41, 5.74) is 3.68. The van der Waals surface area contributed by atoms with Gasteiger partial charge in [0, 0.05) is 18.7 Å². The van der Waals surface area contributed by atoms with E-state index in [0.29, 0.717) is 0 Å². The molecule has 0 amide bonds. The van der Waals surface area contributed by atoms with Crippen molar-refractivity contribution in [2.24, 2.45) is 0 Å². The van der Waals surface area contributed by atoms with Crippen LogP contribution in [-0.4, -0.2) is 13.2 Å². The first-order valence-electron chi connectivity index (χ1n) is 5.57. The first kappa shape index (κ1) is 11.0. The SMILES string of the molecule is C=C/C=C(\C)c1ccc2c(c1)CNCCO2. The zero-order valence-electron chi connectivity index (χ0n) is 9.62. The third-order valence-corrected chi connectivity index (χ3v) is 2.74. The van der Waals surface area contributed by atoms with Gasteiger partial charge in [-0.2, -0.15) is 0 Å². The Kier molecular flexibility index (Phi) is 3.42. The van der Waals surface area contributed by atoms with Gasteiger partial charge in [0.05, 0.1) is 0 Å². The minimum Gasteiger partial charge on any atom is -0.492 e. The van der Waals surface area contributed by atoms with E-state index in [1.54, 1.807) is 0 Å². The highest BCUT2D eigenvalue weighted by molar-refractivity contribution is 5.66. The first-order valence-corrected chi connectivity index (χ1v) is 5.57. The molecule has 0 bridgehead atoms. The van der Waals surface area contributed by atoms with E-state index in [4.69, 9.17) is 4.74 Å². The summed E-state index contributed by atoms with van der Waals surface area (Å²) >= 11 is 0. The molecule has 0 saturated carbocycles. The van der Waals surface area contributed by atoms with Crippen molar-refractivity contribution in [2.75, 3.05) is 13.2 Å². The Bertz CT molecular complexity index is 421. The molecule has 1 aromatic rings. The van der Waals surface area contributed by atoms with Crippen molar-refractivity contribution in [2.45, 2.75) is 13.5 Å².